The number of hydrogen-bond donors (Lipinski definition) is 1. The Morgan fingerprint density at radius 2 is 1.86 bits per heavy atom. The van der Waals surface area contributed by atoms with Crippen LogP contribution in [0.4, 0.5) is 5.82 Å². The summed E-state index contributed by atoms with van der Waals surface area (Å²) in [6.45, 7) is 5.64. The molecule has 0 aliphatic rings. The van der Waals surface area contributed by atoms with Gasteiger partial charge in [0.1, 0.15) is 29.5 Å². The molecule has 0 fully saturated rings. The van der Waals surface area contributed by atoms with Crippen molar-refractivity contribution in [1.82, 2.24) is 30.1 Å². The molecule has 0 aliphatic carbocycles. The highest BCUT2D eigenvalue weighted by Crippen LogP contribution is 2.33. The van der Waals surface area contributed by atoms with Gasteiger partial charge in [-0.1, -0.05) is 5.16 Å². The number of aromatic nitrogens is 6. The lowest BCUT2D eigenvalue weighted by atomic mass is 10.1. The minimum absolute atomic E-state index is 0.232. The first kappa shape index (κ1) is 17.8. The zero-order chi connectivity index (χ0) is 19.7. The Bertz CT molecular complexity index is 1130. The van der Waals surface area contributed by atoms with Crippen molar-refractivity contribution in [2.24, 2.45) is 0 Å². The van der Waals surface area contributed by atoms with Gasteiger partial charge >= 0.3 is 0 Å². The van der Waals surface area contributed by atoms with Crippen LogP contribution in [0.15, 0.2) is 35.4 Å². The lowest BCUT2D eigenvalue weighted by Gasteiger charge is -2.14. The molecule has 9 heteroatoms. The maximum Gasteiger partial charge on any atom is 0.248 e. The van der Waals surface area contributed by atoms with Crippen LogP contribution in [0.25, 0.3) is 22.3 Å². The zero-order valence-electron chi connectivity index (χ0n) is 16.0. The molecular weight excluding hydrogens is 358 g/mol. The summed E-state index contributed by atoms with van der Waals surface area (Å²) in [6, 6.07) is 3.58. The number of aryl methyl sites for hydroxylation is 2. The third kappa shape index (κ3) is 3.34. The van der Waals surface area contributed by atoms with Crippen molar-refractivity contribution in [3.05, 3.63) is 48.1 Å². The van der Waals surface area contributed by atoms with Gasteiger partial charge in [-0.05, 0) is 38.5 Å². The van der Waals surface area contributed by atoms with Crippen molar-refractivity contribution in [1.29, 1.82) is 0 Å². The number of anilines is 1. The lowest BCUT2D eigenvalue weighted by molar-refractivity contribution is 0.364. The van der Waals surface area contributed by atoms with Crippen LogP contribution in [-0.4, -0.2) is 37.2 Å². The van der Waals surface area contributed by atoms with Crippen LogP contribution < -0.4 is 10.1 Å². The van der Waals surface area contributed by atoms with Gasteiger partial charge in [0, 0.05) is 23.3 Å². The topological polar surface area (TPSA) is 112 Å². The molecule has 9 nitrogen and oxygen atoms in total. The summed E-state index contributed by atoms with van der Waals surface area (Å²) in [5.41, 5.74) is 2.49. The molecule has 1 unspecified atom stereocenters. The highest BCUT2D eigenvalue weighted by atomic mass is 16.5. The fourth-order valence-corrected chi connectivity index (χ4v) is 2.83. The number of nitrogens with one attached hydrogen (secondary N) is 1. The second kappa shape index (κ2) is 7.18. The Labute approximate surface area is 161 Å². The fourth-order valence-electron chi connectivity index (χ4n) is 2.83. The molecular formula is C19H19N7O2. The Balaban J connectivity index is 1.80. The van der Waals surface area contributed by atoms with Crippen LogP contribution in [0.1, 0.15) is 30.2 Å². The molecule has 142 valence electrons. The predicted molar refractivity (Wildman–Crippen MR) is 103 cm³/mol. The summed E-state index contributed by atoms with van der Waals surface area (Å²) in [5, 5.41) is 7.93. The highest BCUT2D eigenvalue weighted by Gasteiger charge is 2.17. The van der Waals surface area contributed by atoms with Crippen LogP contribution in [0.3, 0.4) is 0 Å². The number of ether oxygens (including phenoxy) is 1. The summed E-state index contributed by atoms with van der Waals surface area (Å²) in [6.07, 6.45) is 5.04. The second-order valence-electron chi connectivity index (χ2n) is 6.43. The van der Waals surface area contributed by atoms with Crippen molar-refractivity contribution in [2.45, 2.75) is 26.8 Å². The molecule has 4 aromatic rings. The van der Waals surface area contributed by atoms with Crippen LogP contribution >= 0.6 is 0 Å². The van der Waals surface area contributed by atoms with Gasteiger partial charge in [0.2, 0.25) is 5.89 Å². The molecule has 0 radical (unpaired) electrons. The smallest absolute Gasteiger partial charge is 0.248 e. The first-order valence-corrected chi connectivity index (χ1v) is 8.73. The van der Waals surface area contributed by atoms with Crippen LogP contribution in [0, 0.1) is 13.8 Å². The minimum atomic E-state index is -0.232. The average molecular weight is 377 g/mol. The van der Waals surface area contributed by atoms with Gasteiger partial charge in [-0.25, -0.2) is 19.9 Å². The van der Waals surface area contributed by atoms with Crippen LogP contribution in [-0.2, 0) is 0 Å². The first-order valence-electron chi connectivity index (χ1n) is 8.73. The molecule has 0 saturated heterocycles. The molecule has 1 atom stereocenters. The summed E-state index contributed by atoms with van der Waals surface area (Å²) >= 11 is 0. The molecule has 3 heterocycles. The summed E-state index contributed by atoms with van der Waals surface area (Å²) < 4.78 is 10.8. The van der Waals surface area contributed by atoms with E-state index in [1.54, 1.807) is 26.4 Å². The largest absolute Gasteiger partial charge is 0.494 e. The van der Waals surface area contributed by atoms with Crippen molar-refractivity contribution < 1.29 is 9.26 Å². The number of rotatable bonds is 5. The normalized spacial score (nSPS) is 12.1. The first-order chi connectivity index (χ1) is 13.5. The summed E-state index contributed by atoms with van der Waals surface area (Å²) in [5.74, 6) is 2.90. The average Bonchev–Trinajstić information content (AvgIpc) is 3.14. The molecule has 4 rings (SSSR count). The molecule has 0 spiro atoms. The fraction of sp³-hybridized carbons (Fsp3) is 0.263. The van der Waals surface area contributed by atoms with Gasteiger partial charge in [0.05, 0.1) is 7.11 Å². The monoisotopic (exact) mass is 377 g/mol. The number of fused-ring (bicyclic) bond motifs is 1. The molecule has 0 aliphatic heterocycles. The summed E-state index contributed by atoms with van der Waals surface area (Å²) in [4.78, 5) is 21.9. The van der Waals surface area contributed by atoms with Gasteiger partial charge in [-0.2, -0.15) is 4.98 Å². The number of benzene rings is 1. The van der Waals surface area contributed by atoms with E-state index in [1.165, 1.54) is 6.33 Å². The summed E-state index contributed by atoms with van der Waals surface area (Å²) in [7, 11) is 1.60. The Hall–Kier alpha value is -3.62. The van der Waals surface area contributed by atoms with Gasteiger partial charge in [0.15, 0.2) is 11.6 Å². The molecule has 0 amide bonds. The third-order valence-corrected chi connectivity index (χ3v) is 4.23. The third-order valence-electron chi connectivity index (χ3n) is 4.23. The van der Waals surface area contributed by atoms with Crippen LogP contribution in [0.5, 0.6) is 5.75 Å². The predicted octanol–water partition coefficient (Wildman–Crippen LogP) is 3.27. The SMILES string of the molecule is COc1cc(-c2ncc(C)cn2)cc2c(NC(C)c3nc(C)no3)ncnc12. The Kier molecular flexibility index (Phi) is 4.56. The maximum absolute atomic E-state index is 5.55. The van der Waals surface area contributed by atoms with Crippen molar-refractivity contribution in [3.8, 4) is 17.1 Å². The van der Waals surface area contributed by atoms with E-state index in [0.29, 0.717) is 34.6 Å². The second-order valence-corrected chi connectivity index (χ2v) is 6.43. The molecule has 1 aromatic carbocycles. The van der Waals surface area contributed by atoms with E-state index >= 15 is 0 Å². The van der Waals surface area contributed by atoms with E-state index in [0.717, 1.165) is 16.5 Å². The number of nitrogens with zero attached hydrogens (tertiary/aromatic N) is 6. The Morgan fingerprint density at radius 3 is 2.54 bits per heavy atom. The Morgan fingerprint density at radius 1 is 1.07 bits per heavy atom. The quantitative estimate of drug-likeness (QED) is 0.560. The molecule has 3 aromatic heterocycles. The molecule has 0 bridgehead atoms. The molecule has 0 saturated carbocycles. The van der Waals surface area contributed by atoms with E-state index in [9.17, 15) is 0 Å². The highest BCUT2D eigenvalue weighted by molar-refractivity contribution is 5.96. The molecule has 28 heavy (non-hydrogen) atoms. The minimum Gasteiger partial charge on any atom is -0.494 e. The van der Waals surface area contributed by atoms with Crippen molar-refractivity contribution in [3.63, 3.8) is 0 Å². The molecule has 1 N–H and O–H groups in total. The van der Waals surface area contributed by atoms with Crippen molar-refractivity contribution in [2.75, 3.05) is 12.4 Å². The lowest BCUT2D eigenvalue weighted by Crippen LogP contribution is -2.09. The van der Waals surface area contributed by atoms with Crippen molar-refractivity contribution >= 4 is 16.7 Å². The number of methoxy groups -OCH3 is 1. The maximum atomic E-state index is 5.55. The van der Waals surface area contributed by atoms with Gasteiger partial charge in [0.25, 0.3) is 0 Å². The van der Waals surface area contributed by atoms with Gasteiger partial charge in [-0.15, -0.1) is 0 Å². The zero-order valence-corrected chi connectivity index (χ0v) is 16.0. The van der Waals surface area contributed by atoms with E-state index < -0.39 is 0 Å². The van der Waals surface area contributed by atoms with Gasteiger partial charge < -0.3 is 14.6 Å². The van der Waals surface area contributed by atoms with E-state index in [2.05, 4.69) is 35.4 Å². The van der Waals surface area contributed by atoms with E-state index in [-0.39, 0.29) is 6.04 Å². The van der Waals surface area contributed by atoms with Crippen LogP contribution in [0.2, 0.25) is 0 Å². The standard InChI is InChI=1S/C19H19N7O2/c1-10-7-20-17(21-8-10)13-5-14-16(15(6-13)27-4)22-9-23-18(14)24-11(2)19-25-12(3)26-28-19/h5-9,11H,1-4H3,(H,22,23,24). The van der Waals surface area contributed by atoms with E-state index in [4.69, 9.17) is 9.26 Å². The number of hydrogen-bond acceptors (Lipinski definition) is 9. The van der Waals surface area contributed by atoms with E-state index in [1.807, 2.05) is 26.0 Å². The van der Waals surface area contributed by atoms with Gasteiger partial charge in [-0.3, -0.25) is 0 Å².